The average molecular weight is 423 g/mol. The molecule has 5 nitrogen and oxygen atoms in total. The molecular weight excluding hydrogens is 397 g/mol. The largest absolute Gasteiger partial charge is 0.350 e. The van der Waals surface area contributed by atoms with E-state index in [1.54, 1.807) is 25.1 Å². The van der Waals surface area contributed by atoms with Gasteiger partial charge >= 0.3 is 0 Å². The van der Waals surface area contributed by atoms with Gasteiger partial charge in [0.25, 0.3) is 5.91 Å². The Morgan fingerprint density at radius 3 is 2.46 bits per heavy atom. The third kappa shape index (κ3) is 6.02. The van der Waals surface area contributed by atoms with Crippen LogP contribution >= 0.6 is 35.6 Å². The minimum atomic E-state index is -0.694. The Morgan fingerprint density at radius 1 is 1.19 bits per heavy atom. The summed E-state index contributed by atoms with van der Waals surface area (Å²) in [4.78, 5) is 24.8. The zero-order valence-corrected chi connectivity index (χ0v) is 17.1. The molecule has 1 aromatic carbocycles. The molecule has 2 atom stereocenters. The van der Waals surface area contributed by atoms with Crippen LogP contribution in [0.15, 0.2) is 18.2 Å². The molecular formula is C18H26Cl3N3O2. The van der Waals surface area contributed by atoms with E-state index in [4.69, 9.17) is 28.9 Å². The zero-order valence-electron chi connectivity index (χ0n) is 14.8. The summed E-state index contributed by atoms with van der Waals surface area (Å²) < 4.78 is 0. The Labute approximate surface area is 170 Å². The molecule has 0 aliphatic heterocycles. The summed E-state index contributed by atoms with van der Waals surface area (Å²) in [7, 11) is 0. The predicted molar refractivity (Wildman–Crippen MR) is 108 cm³/mol. The minimum Gasteiger partial charge on any atom is -0.350 e. The minimum absolute atomic E-state index is 0. The van der Waals surface area contributed by atoms with Crippen molar-refractivity contribution in [2.24, 2.45) is 11.7 Å². The van der Waals surface area contributed by atoms with E-state index < -0.39 is 11.9 Å². The third-order valence-electron chi connectivity index (χ3n) is 4.74. The summed E-state index contributed by atoms with van der Waals surface area (Å²) in [5, 5.41) is 6.12. The van der Waals surface area contributed by atoms with Crippen molar-refractivity contribution in [2.45, 2.75) is 51.1 Å². The molecule has 0 radical (unpaired) electrons. The first-order valence-electron chi connectivity index (χ1n) is 8.69. The van der Waals surface area contributed by atoms with Gasteiger partial charge < -0.3 is 16.4 Å². The van der Waals surface area contributed by atoms with Crippen LogP contribution in [0.3, 0.4) is 0 Å². The van der Waals surface area contributed by atoms with Gasteiger partial charge in [0.05, 0.1) is 15.6 Å². The lowest BCUT2D eigenvalue weighted by molar-refractivity contribution is -0.123. The number of hydrogen-bond acceptors (Lipinski definition) is 3. The van der Waals surface area contributed by atoms with Crippen LogP contribution in [0, 0.1) is 5.92 Å². The topological polar surface area (TPSA) is 84.2 Å². The summed E-state index contributed by atoms with van der Waals surface area (Å²) in [6, 6.07) is 4.06. The molecule has 2 rings (SSSR count). The monoisotopic (exact) mass is 421 g/mol. The molecule has 2 amide bonds. The van der Waals surface area contributed by atoms with Crippen molar-refractivity contribution in [3.8, 4) is 0 Å². The van der Waals surface area contributed by atoms with Crippen molar-refractivity contribution < 1.29 is 9.59 Å². The summed E-state index contributed by atoms with van der Waals surface area (Å²) in [5.74, 6) is -0.266. The lowest BCUT2D eigenvalue weighted by Crippen LogP contribution is -2.52. The van der Waals surface area contributed by atoms with E-state index in [2.05, 4.69) is 10.6 Å². The molecule has 2 unspecified atom stereocenters. The van der Waals surface area contributed by atoms with E-state index in [1.165, 1.54) is 19.3 Å². The highest BCUT2D eigenvalue weighted by molar-refractivity contribution is 6.43. The molecule has 0 bridgehead atoms. The maximum Gasteiger partial charge on any atom is 0.253 e. The van der Waals surface area contributed by atoms with Crippen molar-refractivity contribution in [1.29, 1.82) is 0 Å². The first-order chi connectivity index (χ1) is 11.9. The fourth-order valence-corrected chi connectivity index (χ4v) is 3.62. The Morgan fingerprint density at radius 2 is 1.85 bits per heavy atom. The molecule has 1 aliphatic rings. The first kappa shape index (κ1) is 23.0. The fraction of sp³-hybridized carbons (Fsp3) is 0.556. The smallest absolute Gasteiger partial charge is 0.253 e. The van der Waals surface area contributed by atoms with Crippen molar-refractivity contribution in [3.63, 3.8) is 0 Å². The number of hydrogen-bond donors (Lipinski definition) is 3. The number of carbonyl (C=O) groups excluding carboxylic acids is 2. The fourth-order valence-electron chi connectivity index (χ4n) is 3.23. The maximum absolute atomic E-state index is 12.4. The second-order valence-electron chi connectivity index (χ2n) is 6.55. The molecule has 26 heavy (non-hydrogen) atoms. The van der Waals surface area contributed by atoms with Gasteiger partial charge in [-0.1, -0.05) is 48.5 Å². The van der Waals surface area contributed by atoms with Crippen LogP contribution < -0.4 is 16.4 Å². The highest BCUT2D eigenvalue weighted by Crippen LogP contribution is 2.27. The van der Waals surface area contributed by atoms with Gasteiger partial charge in [-0.2, -0.15) is 0 Å². The average Bonchev–Trinajstić information content (AvgIpc) is 2.62. The summed E-state index contributed by atoms with van der Waals surface area (Å²) in [6.07, 6.45) is 5.77. The van der Waals surface area contributed by atoms with Crippen LogP contribution in [0.4, 0.5) is 0 Å². The Balaban J connectivity index is 0.00000338. The molecule has 146 valence electrons. The van der Waals surface area contributed by atoms with Gasteiger partial charge in [0.2, 0.25) is 5.91 Å². The van der Waals surface area contributed by atoms with Crippen LogP contribution in [0.25, 0.3) is 0 Å². The number of amides is 2. The molecule has 0 spiro atoms. The van der Waals surface area contributed by atoms with Crippen LogP contribution in [-0.2, 0) is 4.79 Å². The number of nitrogens with two attached hydrogens (primary N) is 1. The van der Waals surface area contributed by atoms with E-state index in [-0.39, 0.29) is 34.9 Å². The van der Waals surface area contributed by atoms with Gasteiger partial charge in [0, 0.05) is 12.6 Å². The van der Waals surface area contributed by atoms with Crippen LogP contribution in [0.2, 0.25) is 10.0 Å². The molecule has 0 aromatic heterocycles. The van der Waals surface area contributed by atoms with E-state index in [0.717, 1.165) is 12.8 Å². The first-order valence-corrected chi connectivity index (χ1v) is 9.45. The standard InChI is InChI=1S/C18H25Cl2N3O2.ClH/c1-11(22-18(25)13-8-5-9-14(19)16(13)20)17(24)23-15(10-21)12-6-3-2-4-7-12;/h5,8-9,11-12,15H,2-4,6-7,10,21H2,1H3,(H,22,25)(H,23,24);1H. The molecule has 1 saturated carbocycles. The summed E-state index contributed by atoms with van der Waals surface area (Å²) in [5.41, 5.74) is 6.09. The lowest BCUT2D eigenvalue weighted by atomic mass is 9.84. The number of carbonyl (C=O) groups is 2. The van der Waals surface area contributed by atoms with Gasteiger partial charge in [-0.25, -0.2) is 0 Å². The van der Waals surface area contributed by atoms with E-state index in [1.807, 2.05) is 0 Å². The molecule has 1 aliphatic carbocycles. The van der Waals surface area contributed by atoms with Crippen molar-refractivity contribution >= 4 is 47.4 Å². The molecule has 0 heterocycles. The van der Waals surface area contributed by atoms with Crippen molar-refractivity contribution in [3.05, 3.63) is 33.8 Å². The number of rotatable bonds is 6. The van der Waals surface area contributed by atoms with Gasteiger partial charge in [-0.3, -0.25) is 9.59 Å². The number of halogens is 3. The predicted octanol–water partition coefficient (Wildman–Crippen LogP) is 3.56. The van der Waals surface area contributed by atoms with Gasteiger partial charge in [-0.05, 0) is 37.8 Å². The normalized spacial score (nSPS) is 16.9. The van der Waals surface area contributed by atoms with Gasteiger partial charge in [-0.15, -0.1) is 12.4 Å². The lowest BCUT2D eigenvalue weighted by Gasteiger charge is -2.31. The summed E-state index contributed by atoms with van der Waals surface area (Å²) in [6.45, 7) is 2.04. The van der Waals surface area contributed by atoms with Crippen LogP contribution in [-0.4, -0.2) is 30.4 Å². The van der Waals surface area contributed by atoms with Gasteiger partial charge in [0.1, 0.15) is 6.04 Å². The molecule has 1 fully saturated rings. The molecule has 8 heteroatoms. The van der Waals surface area contributed by atoms with Crippen LogP contribution in [0.5, 0.6) is 0 Å². The second-order valence-corrected chi connectivity index (χ2v) is 7.33. The molecule has 4 N–H and O–H groups in total. The third-order valence-corrected chi connectivity index (χ3v) is 5.56. The number of benzene rings is 1. The van der Waals surface area contributed by atoms with Crippen LogP contribution in [0.1, 0.15) is 49.4 Å². The van der Waals surface area contributed by atoms with Crippen molar-refractivity contribution in [1.82, 2.24) is 10.6 Å². The van der Waals surface area contributed by atoms with E-state index >= 15 is 0 Å². The van der Waals surface area contributed by atoms with E-state index in [9.17, 15) is 9.59 Å². The second kappa shape index (κ2) is 11.0. The summed E-state index contributed by atoms with van der Waals surface area (Å²) >= 11 is 12.0. The van der Waals surface area contributed by atoms with Crippen molar-refractivity contribution in [2.75, 3.05) is 6.54 Å². The highest BCUT2D eigenvalue weighted by atomic mass is 35.5. The number of nitrogens with one attached hydrogen (secondary N) is 2. The van der Waals surface area contributed by atoms with Gasteiger partial charge in [0.15, 0.2) is 0 Å². The zero-order chi connectivity index (χ0) is 18.4. The quantitative estimate of drug-likeness (QED) is 0.655. The molecule has 1 aromatic rings. The Hall–Kier alpha value is -1.01. The highest BCUT2D eigenvalue weighted by Gasteiger charge is 2.26. The van der Waals surface area contributed by atoms with E-state index in [0.29, 0.717) is 17.5 Å². The Bertz CT molecular complexity index is 622. The maximum atomic E-state index is 12.4. The molecule has 0 saturated heterocycles. The Kier molecular flexibility index (Phi) is 9.72. The SMILES string of the molecule is CC(NC(=O)c1cccc(Cl)c1Cl)C(=O)NC(CN)C1CCCCC1.Cl.